The monoisotopic (exact) mass is 345 g/mol. The molecule has 1 heterocycles. The zero-order valence-corrected chi connectivity index (χ0v) is 12.1. The van der Waals surface area contributed by atoms with Crippen molar-refractivity contribution < 1.29 is 45.0 Å². The van der Waals surface area contributed by atoms with Crippen molar-refractivity contribution >= 4 is 17.7 Å². The molecule has 1 rings (SSSR count). The molecule has 1 fully saturated rings. The van der Waals surface area contributed by atoms with Gasteiger partial charge in [-0.1, -0.05) is 19.7 Å². The number of aliphatic hydroxyl groups is 6. The van der Waals surface area contributed by atoms with Gasteiger partial charge in [-0.3, -0.25) is 14.4 Å². The van der Waals surface area contributed by atoms with Crippen molar-refractivity contribution in [1.82, 2.24) is 14.7 Å². The Morgan fingerprint density at radius 2 is 0.750 bits per heavy atom. The zero-order chi connectivity index (χ0) is 19.1. The number of hydrogen-bond acceptors (Lipinski definition) is 9. The first kappa shape index (κ1) is 19.4. The molecule has 12 heteroatoms. The molecule has 0 aliphatic carbocycles. The zero-order valence-electron chi connectivity index (χ0n) is 12.1. The summed E-state index contributed by atoms with van der Waals surface area (Å²) in [4.78, 5) is 33.5. The van der Waals surface area contributed by atoms with Gasteiger partial charge in [0.05, 0.1) is 0 Å². The summed E-state index contributed by atoms with van der Waals surface area (Å²) in [6.07, 6.45) is 1.12. The first-order valence-electron chi connectivity index (χ1n) is 6.06. The summed E-state index contributed by atoms with van der Waals surface area (Å²) in [5, 5.41) is 60.0. The molecular weight excluding hydrogens is 330 g/mol. The van der Waals surface area contributed by atoms with Gasteiger partial charge in [-0.15, -0.1) is 0 Å². The second-order valence-corrected chi connectivity index (χ2v) is 4.43. The molecule has 12 nitrogen and oxygen atoms in total. The fourth-order valence-corrected chi connectivity index (χ4v) is 2.06. The lowest BCUT2D eigenvalue weighted by atomic mass is 10.2. The minimum Gasteiger partial charge on any atom is -0.330 e. The van der Waals surface area contributed by atoms with Gasteiger partial charge in [-0.25, -0.2) is 0 Å². The maximum atomic E-state index is 11.8. The van der Waals surface area contributed by atoms with Crippen LogP contribution in [0.15, 0.2) is 38.0 Å². The van der Waals surface area contributed by atoms with Crippen LogP contribution in [0.25, 0.3) is 0 Å². The minimum absolute atomic E-state index is 0.372. The van der Waals surface area contributed by atoms with E-state index in [2.05, 4.69) is 19.7 Å². The van der Waals surface area contributed by atoms with Gasteiger partial charge in [-0.2, -0.15) is 14.7 Å². The van der Waals surface area contributed by atoms with Crippen molar-refractivity contribution in [3.05, 3.63) is 38.0 Å². The van der Waals surface area contributed by atoms with E-state index in [4.69, 9.17) is 0 Å². The van der Waals surface area contributed by atoms with Crippen LogP contribution in [0.5, 0.6) is 0 Å². The number of rotatable bonds is 3. The normalized spacial score (nSPS) is 21.0. The van der Waals surface area contributed by atoms with E-state index in [-0.39, 0.29) is 0 Å². The molecule has 0 aromatic rings. The van der Waals surface area contributed by atoms with Crippen LogP contribution in [0.3, 0.4) is 0 Å². The average molecular weight is 345 g/mol. The standard InChI is InChI=1S/C12H15N3O9/c1-4-7(16)13-10(19,20)14(8(17)5-2)12(23,24)15(9(18)6-3)11(13,21)22/h4-6,19-24H,1-3H2. The van der Waals surface area contributed by atoms with Crippen LogP contribution in [-0.4, -0.2) is 81.2 Å². The average Bonchev–Trinajstić information content (AvgIpc) is 2.43. The third-order valence-electron chi connectivity index (χ3n) is 2.99. The number of carbonyl (C=O) groups excluding carboxylic acids is 3. The molecule has 0 atom stereocenters. The SMILES string of the molecule is C=CC(=O)N1C(O)(O)N(C(=O)C=C)C(O)(O)N(C(=O)C=C)C1(O)O. The summed E-state index contributed by atoms with van der Waals surface area (Å²) in [5.41, 5.74) is 0. The van der Waals surface area contributed by atoms with Crippen LogP contribution in [0, 0.1) is 0 Å². The summed E-state index contributed by atoms with van der Waals surface area (Å²) < 4.78 is 0. The van der Waals surface area contributed by atoms with Gasteiger partial charge in [0.1, 0.15) is 0 Å². The van der Waals surface area contributed by atoms with Crippen molar-refractivity contribution in [3.63, 3.8) is 0 Å². The Morgan fingerprint density at radius 3 is 0.875 bits per heavy atom. The van der Waals surface area contributed by atoms with Gasteiger partial charge in [0, 0.05) is 0 Å². The van der Waals surface area contributed by atoms with E-state index in [1.165, 1.54) is 0 Å². The van der Waals surface area contributed by atoms with E-state index in [1.807, 2.05) is 0 Å². The molecule has 1 aliphatic heterocycles. The molecule has 1 aliphatic rings. The summed E-state index contributed by atoms with van der Waals surface area (Å²) in [6, 6.07) is -12.0. The lowest BCUT2D eigenvalue weighted by Gasteiger charge is -2.59. The van der Waals surface area contributed by atoms with Crippen LogP contribution < -0.4 is 0 Å². The Balaban J connectivity index is 3.82. The topological polar surface area (TPSA) is 182 Å². The highest BCUT2D eigenvalue weighted by Gasteiger charge is 2.71. The Labute approximate surface area is 134 Å². The summed E-state index contributed by atoms with van der Waals surface area (Å²) in [6.45, 7) is 8.93. The molecule has 0 spiro atoms. The van der Waals surface area contributed by atoms with Gasteiger partial charge in [-0.05, 0) is 18.2 Å². The van der Waals surface area contributed by atoms with Crippen LogP contribution >= 0.6 is 0 Å². The Kier molecular flexibility index (Phi) is 4.69. The second kappa shape index (κ2) is 5.79. The lowest BCUT2D eigenvalue weighted by molar-refractivity contribution is -0.555. The van der Waals surface area contributed by atoms with Crippen molar-refractivity contribution in [3.8, 4) is 0 Å². The molecule has 0 unspecified atom stereocenters. The van der Waals surface area contributed by atoms with Crippen molar-refractivity contribution in [1.29, 1.82) is 0 Å². The summed E-state index contributed by atoms with van der Waals surface area (Å²) >= 11 is 0. The van der Waals surface area contributed by atoms with Crippen LogP contribution in [0.2, 0.25) is 0 Å². The Bertz CT molecular complexity index is 522. The second-order valence-electron chi connectivity index (χ2n) is 4.43. The number of nitrogens with zero attached hydrogens (tertiary/aromatic N) is 3. The third kappa shape index (κ3) is 2.48. The first-order chi connectivity index (χ1) is 10.8. The first-order valence-corrected chi connectivity index (χ1v) is 6.06. The van der Waals surface area contributed by atoms with Crippen LogP contribution in [0.1, 0.15) is 0 Å². The molecule has 6 N–H and O–H groups in total. The fraction of sp³-hybridized carbons (Fsp3) is 0.250. The smallest absolute Gasteiger partial charge is 0.330 e. The van der Waals surface area contributed by atoms with E-state index in [9.17, 15) is 45.0 Å². The van der Waals surface area contributed by atoms with Crippen molar-refractivity contribution in [2.75, 3.05) is 0 Å². The molecule has 132 valence electrons. The predicted molar refractivity (Wildman–Crippen MR) is 72.6 cm³/mol. The molecule has 0 saturated carbocycles. The molecule has 1 saturated heterocycles. The quantitative estimate of drug-likeness (QED) is 0.218. The molecule has 0 bridgehead atoms. The molecule has 0 radical (unpaired) electrons. The minimum atomic E-state index is -4.01. The van der Waals surface area contributed by atoms with Gasteiger partial charge in [0.15, 0.2) is 0 Å². The molecule has 0 aromatic carbocycles. The number of hydrogen-bond donors (Lipinski definition) is 6. The summed E-state index contributed by atoms with van der Waals surface area (Å²) in [7, 11) is 0. The molecule has 3 amide bonds. The van der Waals surface area contributed by atoms with Gasteiger partial charge >= 0.3 is 18.1 Å². The molecule has 0 aromatic heterocycles. The highest BCUT2D eigenvalue weighted by atomic mass is 16.7. The number of amides is 3. The maximum Gasteiger partial charge on any atom is 0.354 e. The highest BCUT2D eigenvalue weighted by molar-refractivity contribution is 5.93. The summed E-state index contributed by atoms with van der Waals surface area (Å²) in [5.74, 6) is -4.82. The van der Waals surface area contributed by atoms with Crippen LogP contribution in [-0.2, 0) is 14.4 Å². The van der Waals surface area contributed by atoms with E-state index in [0.29, 0.717) is 18.2 Å². The van der Waals surface area contributed by atoms with E-state index < -0.39 is 50.5 Å². The van der Waals surface area contributed by atoms with Gasteiger partial charge < -0.3 is 30.6 Å². The molecular formula is C12H15N3O9. The van der Waals surface area contributed by atoms with E-state index >= 15 is 0 Å². The van der Waals surface area contributed by atoms with Crippen molar-refractivity contribution in [2.24, 2.45) is 0 Å². The lowest BCUT2D eigenvalue weighted by Crippen LogP contribution is -2.89. The van der Waals surface area contributed by atoms with E-state index in [1.54, 1.807) is 0 Å². The third-order valence-corrected chi connectivity index (χ3v) is 2.99. The fourth-order valence-electron chi connectivity index (χ4n) is 2.06. The van der Waals surface area contributed by atoms with Gasteiger partial charge in [0.2, 0.25) is 0 Å². The van der Waals surface area contributed by atoms with E-state index in [0.717, 1.165) is 0 Å². The van der Waals surface area contributed by atoms with Crippen molar-refractivity contribution in [2.45, 2.75) is 18.1 Å². The number of carbonyl (C=O) groups is 3. The maximum absolute atomic E-state index is 11.8. The Hall–Kier alpha value is -2.61. The van der Waals surface area contributed by atoms with Gasteiger partial charge in [0.25, 0.3) is 17.7 Å². The van der Waals surface area contributed by atoms with Crippen LogP contribution in [0.4, 0.5) is 0 Å². The highest BCUT2D eigenvalue weighted by Crippen LogP contribution is 2.39. The predicted octanol–water partition coefficient (Wildman–Crippen LogP) is -4.17. The molecule has 24 heavy (non-hydrogen) atoms. The Morgan fingerprint density at radius 1 is 0.583 bits per heavy atom. The largest absolute Gasteiger partial charge is 0.354 e.